The third-order valence-corrected chi connectivity index (χ3v) is 3.91. The second kappa shape index (κ2) is 9.91. The number of benzene rings is 2. The van der Waals surface area contributed by atoms with E-state index in [9.17, 15) is 9.18 Å². The summed E-state index contributed by atoms with van der Waals surface area (Å²) in [5.74, 6) is -1.09. The second-order valence-corrected chi connectivity index (χ2v) is 6.07. The van der Waals surface area contributed by atoms with E-state index in [1.807, 2.05) is 65.6 Å². The molecule has 25 heavy (non-hydrogen) atoms. The average molecular weight is 345 g/mol. The van der Waals surface area contributed by atoms with Crippen molar-refractivity contribution < 1.29 is 19.0 Å². The first kappa shape index (κ1) is 19.1. The lowest BCUT2D eigenvalue weighted by atomic mass is 10.1. The van der Waals surface area contributed by atoms with Crippen LogP contribution in [0.25, 0.3) is 0 Å². The molecule has 0 saturated heterocycles. The molecule has 0 aliphatic heterocycles. The molecule has 0 amide bonds. The summed E-state index contributed by atoms with van der Waals surface area (Å²) in [5, 5.41) is 8.66. The molecule has 2 aromatic rings. The number of ether oxygens (including phenoxy) is 1. The summed E-state index contributed by atoms with van der Waals surface area (Å²) in [6, 6.07) is 19.8. The number of alkyl halides is 1. The van der Waals surface area contributed by atoms with Crippen LogP contribution in [0.4, 0.5) is 4.39 Å². The molecular formula is C20H24FNO3. The number of nitrogens with zero attached hydrogens (tertiary/aromatic N) is 1. The Balaban J connectivity index is 2.01. The Morgan fingerprint density at radius 1 is 1.04 bits per heavy atom. The van der Waals surface area contributed by atoms with E-state index in [1.165, 1.54) is 0 Å². The highest BCUT2D eigenvalue weighted by atomic mass is 19.1. The fraction of sp³-hybridized carbons (Fsp3) is 0.350. The first-order chi connectivity index (χ1) is 12.0. The van der Waals surface area contributed by atoms with Gasteiger partial charge in [0, 0.05) is 19.6 Å². The van der Waals surface area contributed by atoms with Gasteiger partial charge in [-0.05, 0) is 18.1 Å². The van der Waals surface area contributed by atoms with E-state index in [0.717, 1.165) is 11.1 Å². The zero-order valence-corrected chi connectivity index (χ0v) is 14.3. The molecule has 0 fully saturated rings. The standard InChI is InChI=1S/C20H24FNO3/c1-16(25-15-20(23)24)19(21)14-22(12-17-8-4-2-5-9-17)13-18-10-6-3-7-11-18/h2-11,16,19H,12-15H2,1H3,(H,23,24). The Labute approximate surface area is 147 Å². The van der Waals surface area contributed by atoms with E-state index in [0.29, 0.717) is 13.1 Å². The summed E-state index contributed by atoms with van der Waals surface area (Å²) in [7, 11) is 0. The Morgan fingerprint density at radius 2 is 1.52 bits per heavy atom. The van der Waals surface area contributed by atoms with Gasteiger partial charge in [0.2, 0.25) is 0 Å². The molecule has 2 aromatic carbocycles. The number of carbonyl (C=O) groups is 1. The molecular weight excluding hydrogens is 321 g/mol. The Kier molecular flexibility index (Phi) is 7.57. The fourth-order valence-corrected chi connectivity index (χ4v) is 2.57. The highest BCUT2D eigenvalue weighted by Gasteiger charge is 2.21. The molecule has 0 heterocycles. The summed E-state index contributed by atoms with van der Waals surface area (Å²) in [5.41, 5.74) is 2.20. The van der Waals surface area contributed by atoms with Gasteiger partial charge in [0.1, 0.15) is 12.8 Å². The zero-order chi connectivity index (χ0) is 18.1. The van der Waals surface area contributed by atoms with E-state index in [-0.39, 0.29) is 6.54 Å². The Hall–Kier alpha value is -2.24. The highest BCUT2D eigenvalue weighted by Crippen LogP contribution is 2.14. The van der Waals surface area contributed by atoms with Crippen LogP contribution in [0.3, 0.4) is 0 Å². The summed E-state index contributed by atoms with van der Waals surface area (Å²) in [6.07, 6.45) is -2.04. The van der Waals surface area contributed by atoms with Gasteiger partial charge in [0.25, 0.3) is 0 Å². The summed E-state index contributed by atoms with van der Waals surface area (Å²) in [4.78, 5) is 12.6. The molecule has 0 aromatic heterocycles. The van der Waals surface area contributed by atoms with E-state index < -0.39 is 24.9 Å². The van der Waals surface area contributed by atoms with Gasteiger partial charge in [-0.25, -0.2) is 9.18 Å². The third kappa shape index (κ3) is 7.03. The monoisotopic (exact) mass is 345 g/mol. The van der Waals surface area contributed by atoms with Crippen LogP contribution in [0.1, 0.15) is 18.1 Å². The van der Waals surface area contributed by atoms with Crippen LogP contribution in [0, 0.1) is 0 Å². The van der Waals surface area contributed by atoms with Crippen molar-refractivity contribution in [2.45, 2.75) is 32.3 Å². The Bertz CT molecular complexity index is 594. The summed E-state index contributed by atoms with van der Waals surface area (Å²) in [6.45, 7) is 2.48. The van der Waals surface area contributed by atoms with Crippen molar-refractivity contribution in [3.63, 3.8) is 0 Å². The normalized spacial score (nSPS) is 13.6. The predicted octanol–water partition coefficient (Wildman–Crippen LogP) is 3.52. The summed E-state index contributed by atoms with van der Waals surface area (Å²) >= 11 is 0. The molecule has 2 rings (SSSR count). The number of carboxylic acids is 1. The topological polar surface area (TPSA) is 49.8 Å². The quantitative estimate of drug-likeness (QED) is 0.716. The van der Waals surface area contributed by atoms with Crippen LogP contribution < -0.4 is 0 Å². The predicted molar refractivity (Wildman–Crippen MR) is 94.9 cm³/mol. The molecule has 0 saturated carbocycles. The van der Waals surface area contributed by atoms with Crippen molar-refractivity contribution in [2.24, 2.45) is 0 Å². The molecule has 0 aliphatic rings. The van der Waals surface area contributed by atoms with Crippen LogP contribution in [-0.2, 0) is 22.6 Å². The van der Waals surface area contributed by atoms with Crippen molar-refractivity contribution in [3.8, 4) is 0 Å². The van der Waals surface area contributed by atoms with Crippen LogP contribution >= 0.6 is 0 Å². The smallest absolute Gasteiger partial charge is 0.329 e. The molecule has 0 bridgehead atoms. The molecule has 2 unspecified atom stereocenters. The number of halogens is 1. The van der Waals surface area contributed by atoms with Gasteiger partial charge in [0.15, 0.2) is 0 Å². The molecule has 0 radical (unpaired) electrons. The van der Waals surface area contributed by atoms with Crippen molar-refractivity contribution in [1.82, 2.24) is 4.90 Å². The lowest BCUT2D eigenvalue weighted by Crippen LogP contribution is -2.36. The first-order valence-corrected chi connectivity index (χ1v) is 8.32. The number of hydrogen-bond acceptors (Lipinski definition) is 3. The third-order valence-electron chi connectivity index (χ3n) is 3.91. The van der Waals surface area contributed by atoms with Crippen molar-refractivity contribution in [2.75, 3.05) is 13.2 Å². The van der Waals surface area contributed by atoms with E-state index in [1.54, 1.807) is 6.92 Å². The van der Waals surface area contributed by atoms with Gasteiger partial charge < -0.3 is 9.84 Å². The van der Waals surface area contributed by atoms with Crippen molar-refractivity contribution in [1.29, 1.82) is 0 Å². The maximum absolute atomic E-state index is 14.5. The molecule has 134 valence electrons. The highest BCUT2D eigenvalue weighted by molar-refractivity contribution is 5.68. The zero-order valence-electron chi connectivity index (χ0n) is 14.3. The van der Waals surface area contributed by atoms with Crippen LogP contribution in [0.2, 0.25) is 0 Å². The number of rotatable bonds is 10. The van der Waals surface area contributed by atoms with Crippen LogP contribution in [-0.4, -0.2) is 41.4 Å². The molecule has 2 atom stereocenters. The number of carboxylic acid groups (broad SMARTS) is 1. The molecule has 0 aliphatic carbocycles. The second-order valence-electron chi connectivity index (χ2n) is 6.07. The average Bonchev–Trinajstić information content (AvgIpc) is 2.61. The maximum atomic E-state index is 14.5. The minimum atomic E-state index is -1.27. The molecule has 0 spiro atoms. The van der Waals surface area contributed by atoms with Gasteiger partial charge in [-0.1, -0.05) is 60.7 Å². The van der Waals surface area contributed by atoms with E-state index in [4.69, 9.17) is 9.84 Å². The Morgan fingerprint density at radius 3 is 1.96 bits per heavy atom. The van der Waals surface area contributed by atoms with E-state index >= 15 is 0 Å². The lowest BCUT2D eigenvalue weighted by molar-refractivity contribution is -0.145. The van der Waals surface area contributed by atoms with Gasteiger partial charge in [-0.15, -0.1) is 0 Å². The van der Waals surface area contributed by atoms with Gasteiger partial charge in [-0.2, -0.15) is 0 Å². The van der Waals surface area contributed by atoms with Crippen LogP contribution in [0.15, 0.2) is 60.7 Å². The largest absolute Gasteiger partial charge is 0.480 e. The van der Waals surface area contributed by atoms with Gasteiger partial charge in [0.05, 0.1) is 6.10 Å². The SMILES string of the molecule is CC(OCC(=O)O)C(F)CN(Cc1ccccc1)Cc1ccccc1. The number of aliphatic carboxylic acids is 1. The molecule has 1 N–H and O–H groups in total. The molecule has 4 nitrogen and oxygen atoms in total. The van der Waals surface area contributed by atoms with Crippen LogP contribution in [0.5, 0.6) is 0 Å². The lowest BCUT2D eigenvalue weighted by Gasteiger charge is -2.27. The van der Waals surface area contributed by atoms with E-state index in [2.05, 4.69) is 0 Å². The van der Waals surface area contributed by atoms with Crippen molar-refractivity contribution >= 4 is 5.97 Å². The first-order valence-electron chi connectivity index (χ1n) is 8.32. The molecule has 5 heteroatoms. The number of hydrogen-bond donors (Lipinski definition) is 1. The van der Waals surface area contributed by atoms with Gasteiger partial charge >= 0.3 is 5.97 Å². The fourth-order valence-electron chi connectivity index (χ4n) is 2.57. The maximum Gasteiger partial charge on any atom is 0.329 e. The minimum Gasteiger partial charge on any atom is -0.480 e. The minimum absolute atomic E-state index is 0.171. The van der Waals surface area contributed by atoms with Gasteiger partial charge in [-0.3, -0.25) is 4.90 Å². The summed E-state index contributed by atoms with van der Waals surface area (Å²) < 4.78 is 19.6. The van der Waals surface area contributed by atoms with Crippen molar-refractivity contribution in [3.05, 3.63) is 71.8 Å².